The monoisotopic (exact) mass is 883 g/mol. The quantitative estimate of drug-likeness (QED) is 0.122. The van der Waals surface area contributed by atoms with E-state index < -0.39 is 12.1 Å². The first-order valence-corrected chi connectivity index (χ1v) is 22.6. The lowest BCUT2D eigenvalue weighted by atomic mass is 9.73. The number of piperidine rings is 1. The molecule has 0 bridgehead atoms. The van der Waals surface area contributed by atoms with Crippen LogP contribution in [-0.4, -0.2) is 101 Å². The number of nitrogens with zero attached hydrogens (tertiary/aromatic N) is 5. The number of methoxy groups -OCH3 is 2. The zero-order chi connectivity index (χ0) is 44.6. The van der Waals surface area contributed by atoms with Gasteiger partial charge in [0, 0.05) is 43.1 Å². The second-order valence-electron chi connectivity index (χ2n) is 17.6. The summed E-state index contributed by atoms with van der Waals surface area (Å²) in [5.74, 6) is 3.30. The van der Waals surface area contributed by atoms with Gasteiger partial charge in [0.2, 0.25) is 18.6 Å². The molecule has 5 heterocycles. The summed E-state index contributed by atoms with van der Waals surface area (Å²) < 4.78 is 34.9. The molecule has 2 N–H and O–H groups in total. The summed E-state index contributed by atoms with van der Waals surface area (Å²) in [5.41, 5.74) is 5.72. The number of hydrogen-bond acceptors (Lipinski definition) is 12. The summed E-state index contributed by atoms with van der Waals surface area (Å²) in [6.45, 7) is 3.41. The molecule has 16 heteroatoms. The highest BCUT2D eigenvalue weighted by atomic mass is 16.7. The third-order valence-electron chi connectivity index (χ3n) is 13.3. The second-order valence-corrected chi connectivity index (χ2v) is 17.6. The summed E-state index contributed by atoms with van der Waals surface area (Å²) >= 11 is 0. The highest BCUT2D eigenvalue weighted by molar-refractivity contribution is 6.07. The summed E-state index contributed by atoms with van der Waals surface area (Å²) in [5, 5.41) is 9.68. The lowest BCUT2D eigenvalue weighted by molar-refractivity contribution is -0.143. The fourth-order valence-electron chi connectivity index (χ4n) is 9.76. The van der Waals surface area contributed by atoms with Crippen molar-refractivity contribution in [3.8, 4) is 45.8 Å². The Morgan fingerprint density at radius 1 is 0.892 bits per heavy atom. The van der Waals surface area contributed by atoms with Gasteiger partial charge in [-0.05, 0) is 87.3 Å². The number of rotatable bonds is 13. The predicted molar refractivity (Wildman–Crippen MR) is 239 cm³/mol. The second kappa shape index (κ2) is 18.0. The Balaban J connectivity index is 0.865. The Morgan fingerprint density at radius 2 is 1.69 bits per heavy atom. The molecule has 65 heavy (non-hydrogen) atoms. The molecule has 0 spiro atoms. The molecule has 338 valence electrons. The van der Waals surface area contributed by atoms with E-state index in [0.29, 0.717) is 89.5 Å². The van der Waals surface area contributed by atoms with Gasteiger partial charge in [0.1, 0.15) is 29.3 Å². The molecule has 3 fully saturated rings. The fourth-order valence-corrected chi connectivity index (χ4v) is 9.76. The van der Waals surface area contributed by atoms with Gasteiger partial charge < -0.3 is 43.6 Å². The van der Waals surface area contributed by atoms with Crippen LogP contribution in [0.4, 0.5) is 4.79 Å². The zero-order valence-corrected chi connectivity index (χ0v) is 36.8. The molecule has 1 saturated heterocycles. The van der Waals surface area contributed by atoms with Crippen molar-refractivity contribution < 1.29 is 42.8 Å². The van der Waals surface area contributed by atoms with Crippen LogP contribution >= 0.6 is 0 Å². The van der Waals surface area contributed by atoms with E-state index in [1.165, 1.54) is 6.33 Å². The molecule has 2 aliphatic carbocycles. The number of amides is 3. The molecule has 3 aliphatic heterocycles. The first kappa shape index (κ1) is 42.1. The van der Waals surface area contributed by atoms with E-state index in [0.717, 1.165) is 60.9 Å². The Hall–Kier alpha value is -6.84. The van der Waals surface area contributed by atoms with E-state index >= 15 is 0 Å². The molecule has 10 rings (SSSR count). The smallest absolute Gasteiger partial charge is 0.413 e. The average molecular weight is 884 g/mol. The molecule has 2 aromatic heterocycles. The number of fused-ring (bicyclic) bond motifs is 3. The van der Waals surface area contributed by atoms with Crippen LogP contribution in [0.1, 0.15) is 68.1 Å². The largest absolute Gasteiger partial charge is 0.493 e. The number of hydrogen-bond donors (Lipinski definition) is 2. The standard InChI is InChI=1S/C49H53N7O9/c1-28-7-6-8-30(21-28)22-35(53-49(59)65-40-24-50-45-43(40)51-26-52-44(45)41-37(62-25-29-11-12-29)15-16-38-46(41)64-27-63-38)48(58)55-19-17-32(18-20-55)56-47(57)34-10-5-4-9-33(34)42(54-56)31-13-14-36(60-2)39(23-31)61-3/h6-8,13-16,21,23-24,26,29,32-35,50H,4-5,9-12,17-20,22,25,27H2,1-3H3,(H,53,59)/t33-,34+,35+/m0/s1. The SMILES string of the molecule is COc1ccc(C2=NN(C3CCN(C(=O)[C@@H](Cc4cccc(C)c4)NC(=O)Oc4c[nH]c5c(-c6c(OCC7CC7)ccc7c6OCO7)ncnc45)CC3)C(=O)[C@@H]3CCCC[C@H]23)cc1OC. The molecular formula is C49H53N7O9. The maximum atomic E-state index is 14.5. The van der Waals surface area contributed by atoms with Gasteiger partial charge in [0.15, 0.2) is 28.7 Å². The van der Waals surface area contributed by atoms with E-state index in [1.807, 2.05) is 61.5 Å². The maximum Gasteiger partial charge on any atom is 0.413 e. The van der Waals surface area contributed by atoms with Crippen molar-refractivity contribution >= 4 is 34.7 Å². The van der Waals surface area contributed by atoms with Gasteiger partial charge in [-0.15, -0.1) is 0 Å². The molecule has 2 saturated carbocycles. The van der Waals surface area contributed by atoms with Crippen LogP contribution in [0.2, 0.25) is 0 Å². The van der Waals surface area contributed by atoms with Crippen molar-refractivity contribution in [2.45, 2.75) is 76.8 Å². The number of carbonyl (C=O) groups is 3. The van der Waals surface area contributed by atoms with Gasteiger partial charge in [0.05, 0.1) is 43.7 Å². The van der Waals surface area contributed by atoms with Crippen LogP contribution in [0.25, 0.3) is 22.3 Å². The van der Waals surface area contributed by atoms with Gasteiger partial charge in [-0.25, -0.2) is 19.8 Å². The van der Waals surface area contributed by atoms with E-state index in [2.05, 4.69) is 20.3 Å². The number of nitrogens with one attached hydrogen (secondary N) is 2. The molecular weight excluding hydrogens is 831 g/mol. The predicted octanol–water partition coefficient (Wildman–Crippen LogP) is 7.21. The molecule has 5 aliphatic rings. The van der Waals surface area contributed by atoms with Crippen LogP contribution in [0.3, 0.4) is 0 Å². The van der Waals surface area contributed by atoms with Crippen LogP contribution in [0.5, 0.6) is 34.5 Å². The number of hydrazone groups is 1. The highest BCUT2D eigenvalue weighted by Gasteiger charge is 2.44. The van der Waals surface area contributed by atoms with Gasteiger partial charge in [0.25, 0.3) is 0 Å². The lowest BCUT2D eigenvalue weighted by Crippen LogP contribution is -2.56. The Morgan fingerprint density at radius 3 is 2.48 bits per heavy atom. The molecule has 3 amide bonds. The molecule has 0 radical (unpaired) electrons. The number of ether oxygens (including phenoxy) is 6. The number of H-pyrrole nitrogens is 1. The zero-order valence-electron chi connectivity index (χ0n) is 36.8. The summed E-state index contributed by atoms with van der Waals surface area (Å²) in [7, 11) is 3.22. The maximum absolute atomic E-state index is 14.5. The summed E-state index contributed by atoms with van der Waals surface area (Å²) in [4.78, 5) is 56.6. The highest BCUT2D eigenvalue weighted by Crippen LogP contribution is 2.49. The fraction of sp³-hybridized carbons (Fsp3) is 0.429. The first-order valence-electron chi connectivity index (χ1n) is 22.6. The van der Waals surface area contributed by atoms with E-state index in [4.69, 9.17) is 33.5 Å². The third kappa shape index (κ3) is 8.49. The summed E-state index contributed by atoms with van der Waals surface area (Å²) in [6.07, 6.45) is 9.47. The molecule has 16 nitrogen and oxygen atoms in total. The number of carbonyl (C=O) groups excluding carboxylic acids is 3. The number of aromatic amines is 1. The molecule has 3 atom stereocenters. The first-order chi connectivity index (χ1) is 31.8. The number of likely N-dealkylation sites (tertiary alicyclic amines) is 1. The minimum absolute atomic E-state index is 0.0255. The van der Waals surface area contributed by atoms with E-state index in [-0.39, 0.29) is 48.7 Å². The molecule has 0 unspecified atom stereocenters. The average Bonchev–Trinajstić information content (AvgIpc) is 3.89. The van der Waals surface area contributed by atoms with E-state index in [1.54, 1.807) is 30.3 Å². The van der Waals surface area contributed by atoms with Crippen LogP contribution in [-0.2, 0) is 16.0 Å². The topological polar surface area (TPSA) is 179 Å². The number of aryl methyl sites for hydroxylation is 1. The minimum Gasteiger partial charge on any atom is -0.493 e. The Bertz CT molecular complexity index is 2650. The van der Waals surface area contributed by atoms with Crippen molar-refractivity contribution in [1.82, 2.24) is 30.2 Å². The molecule has 5 aromatic rings. The van der Waals surface area contributed by atoms with Crippen molar-refractivity contribution in [3.63, 3.8) is 0 Å². The Kier molecular flexibility index (Phi) is 11.6. The third-order valence-corrected chi connectivity index (χ3v) is 13.3. The van der Waals surface area contributed by atoms with E-state index in [9.17, 15) is 14.4 Å². The van der Waals surface area contributed by atoms with Crippen LogP contribution in [0, 0.1) is 24.7 Å². The Labute approximate surface area is 376 Å². The van der Waals surface area contributed by atoms with Crippen molar-refractivity contribution in [2.24, 2.45) is 22.9 Å². The van der Waals surface area contributed by atoms with Gasteiger partial charge in [-0.3, -0.25) is 9.59 Å². The lowest BCUT2D eigenvalue weighted by Gasteiger charge is -2.43. The van der Waals surface area contributed by atoms with Crippen molar-refractivity contribution in [1.29, 1.82) is 0 Å². The number of benzene rings is 3. The van der Waals surface area contributed by atoms with Crippen molar-refractivity contribution in [2.75, 3.05) is 40.7 Å². The molecule has 3 aromatic carbocycles. The van der Waals surface area contributed by atoms with Crippen LogP contribution in [0.15, 0.2) is 72.2 Å². The van der Waals surface area contributed by atoms with Gasteiger partial charge in [-0.1, -0.05) is 42.7 Å². The minimum atomic E-state index is -0.944. The van der Waals surface area contributed by atoms with Gasteiger partial charge >= 0.3 is 6.09 Å². The normalized spacial score (nSPS) is 19.9. The van der Waals surface area contributed by atoms with Crippen LogP contribution < -0.4 is 33.7 Å². The number of aromatic nitrogens is 3. The van der Waals surface area contributed by atoms with Crippen molar-refractivity contribution in [3.05, 3.63) is 83.8 Å². The summed E-state index contributed by atoms with van der Waals surface area (Å²) in [6, 6.07) is 16.2. The van der Waals surface area contributed by atoms with Gasteiger partial charge in [-0.2, -0.15) is 5.10 Å².